The molecule has 0 bridgehead atoms. The highest BCUT2D eigenvalue weighted by Gasteiger charge is 2.25. The fourth-order valence-corrected chi connectivity index (χ4v) is 4.36. The summed E-state index contributed by atoms with van der Waals surface area (Å²) in [5, 5.41) is 10.1. The van der Waals surface area contributed by atoms with E-state index in [0.717, 1.165) is 0 Å². The van der Waals surface area contributed by atoms with Gasteiger partial charge in [0, 0.05) is 11.3 Å². The van der Waals surface area contributed by atoms with Gasteiger partial charge >= 0.3 is 5.97 Å². The molecule has 2 rings (SSSR count). The van der Waals surface area contributed by atoms with E-state index in [1.165, 1.54) is 7.11 Å². The molecule has 0 unspecified atom stereocenters. The van der Waals surface area contributed by atoms with E-state index in [0.29, 0.717) is 35.4 Å². The monoisotopic (exact) mass is 490 g/mol. The van der Waals surface area contributed by atoms with Crippen molar-refractivity contribution in [3.63, 3.8) is 0 Å². The number of nitrogens with two attached hydrogens (primary N) is 1. The fourth-order valence-electron chi connectivity index (χ4n) is 2.96. The van der Waals surface area contributed by atoms with Gasteiger partial charge in [0.05, 0.1) is 12.9 Å². The Balaban J connectivity index is 1.92. The lowest BCUT2D eigenvalue weighted by Crippen LogP contribution is -2.43. The van der Waals surface area contributed by atoms with Crippen LogP contribution in [0.1, 0.15) is 30.9 Å². The molecule has 5 N–H and O–H groups in total. The summed E-state index contributed by atoms with van der Waals surface area (Å²) in [7, 11) is -2.41. The van der Waals surface area contributed by atoms with Gasteiger partial charge < -0.3 is 20.5 Å². The normalized spacial score (nSPS) is 11.9. The minimum Gasteiger partial charge on any atom is -0.484 e. The Hall–Kier alpha value is -3.44. The second kappa shape index (κ2) is 12.7. The van der Waals surface area contributed by atoms with Gasteiger partial charge in [0.25, 0.3) is 5.91 Å². The maximum absolute atomic E-state index is 12.2. The minimum atomic E-state index is -3.62. The smallest absolute Gasteiger partial charge is 0.324 e. The molecule has 0 aliphatic rings. The molecular weight excluding hydrogens is 460 g/mol. The van der Waals surface area contributed by atoms with Crippen molar-refractivity contribution in [3.05, 3.63) is 59.7 Å². The number of hydrogen-bond acceptors (Lipinski definition) is 7. The molecular formula is C23H30N4O6S. The highest BCUT2D eigenvalue weighted by atomic mass is 32.2. The molecule has 11 heteroatoms. The zero-order chi connectivity index (χ0) is 25.1. The summed E-state index contributed by atoms with van der Waals surface area (Å²) < 4.78 is 37.0. The number of ether oxygens (including phenoxy) is 2. The third-order valence-corrected chi connectivity index (χ3v) is 6.26. The Morgan fingerprint density at radius 2 is 1.74 bits per heavy atom. The zero-order valence-electron chi connectivity index (χ0n) is 19.2. The number of esters is 1. The molecule has 184 valence electrons. The number of carbonyl (C=O) groups excluding carboxylic acids is 2. The summed E-state index contributed by atoms with van der Waals surface area (Å²) >= 11 is 0. The quantitative estimate of drug-likeness (QED) is 0.189. The van der Waals surface area contributed by atoms with E-state index in [9.17, 15) is 18.0 Å². The summed E-state index contributed by atoms with van der Waals surface area (Å²) in [6.07, 6.45) is 1.31. The van der Waals surface area contributed by atoms with Gasteiger partial charge in [-0.1, -0.05) is 25.5 Å². The van der Waals surface area contributed by atoms with Crippen molar-refractivity contribution in [2.75, 3.05) is 24.8 Å². The van der Waals surface area contributed by atoms with Gasteiger partial charge in [0.2, 0.25) is 10.0 Å². The number of carbonyl (C=O) groups is 2. The van der Waals surface area contributed by atoms with Crippen LogP contribution in [-0.2, 0) is 30.8 Å². The van der Waals surface area contributed by atoms with Gasteiger partial charge in [-0.05, 0) is 54.8 Å². The van der Waals surface area contributed by atoms with Crippen molar-refractivity contribution >= 4 is 33.4 Å². The van der Waals surface area contributed by atoms with Crippen LogP contribution < -0.4 is 20.5 Å². The first-order valence-corrected chi connectivity index (χ1v) is 12.3. The summed E-state index contributed by atoms with van der Waals surface area (Å²) in [5.74, 6) is -0.707. The lowest BCUT2D eigenvalue weighted by Gasteiger charge is -2.17. The largest absolute Gasteiger partial charge is 0.484 e. The molecule has 2 aromatic carbocycles. The Bertz CT molecular complexity index is 1090. The van der Waals surface area contributed by atoms with Gasteiger partial charge in [0.1, 0.15) is 17.6 Å². The molecule has 0 aliphatic carbocycles. The lowest BCUT2D eigenvalue weighted by molar-refractivity contribution is -0.142. The maximum atomic E-state index is 12.2. The Kier molecular flexibility index (Phi) is 10.0. The number of sulfonamides is 1. The van der Waals surface area contributed by atoms with Crippen LogP contribution in [0.25, 0.3) is 0 Å². The van der Waals surface area contributed by atoms with E-state index in [-0.39, 0.29) is 30.5 Å². The van der Waals surface area contributed by atoms with E-state index in [1.807, 2.05) is 6.92 Å². The van der Waals surface area contributed by atoms with Crippen molar-refractivity contribution in [1.82, 2.24) is 4.72 Å². The predicted molar refractivity (Wildman–Crippen MR) is 129 cm³/mol. The molecule has 0 saturated carbocycles. The number of benzene rings is 2. The number of anilines is 1. The number of amides is 1. The molecule has 1 atom stereocenters. The highest BCUT2D eigenvalue weighted by molar-refractivity contribution is 7.89. The zero-order valence-corrected chi connectivity index (χ0v) is 20.0. The van der Waals surface area contributed by atoms with Gasteiger partial charge in [0.15, 0.2) is 6.61 Å². The van der Waals surface area contributed by atoms with Crippen LogP contribution in [0, 0.1) is 5.41 Å². The number of rotatable bonds is 13. The average Bonchev–Trinajstić information content (AvgIpc) is 2.82. The molecule has 34 heavy (non-hydrogen) atoms. The van der Waals surface area contributed by atoms with Crippen LogP contribution in [0.2, 0.25) is 0 Å². The number of methoxy groups -OCH3 is 1. The summed E-state index contributed by atoms with van der Waals surface area (Å²) in [6.45, 7) is 1.66. The molecule has 0 radical (unpaired) electrons. The van der Waals surface area contributed by atoms with Gasteiger partial charge in [-0.2, -0.15) is 0 Å². The number of hydrogen-bond donors (Lipinski definition) is 4. The van der Waals surface area contributed by atoms with Crippen LogP contribution in [0.15, 0.2) is 48.5 Å². The lowest BCUT2D eigenvalue weighted by atomic mass is 10.1. The predicted octanol–water partition coefficient (Wildman–Crippen LogP) is 1.79. The topological polar surface area (TPSA) is 161 Å². The van der Waals surface area contributed by atoms with Crippen molar-refractivity contribution in [2.45, 2.75) is 32.2 Å². The van der Waals surface area contributed by atoms with Gasteiger partial charge in [-0.3, -0.25) is 15.0 Å². The second-order valence-corrected chi connectivity index (χ2v) is 9.42. The number of nitrogens with one attached hydrogen (secondary N) is 3. The molecule has 0 fully saturated rings. The van der Waals surface area contributed by atoms with Crippen molar-refractivity contribution in [2.24, 2.45) is 5.73 Å². The summed E-state index contributed by atoms with van der Waals surface area (Å²) in [6, 6.07) is 12.1. The van der Waals surface area contributed by atoms with Crippen molar-refractivity contribution < 1.29 is 27.5 Å². The molecule has 0 heterocycles. The average molecular weight is 491 g/mol. The van der Waals surface area contributed by atoms with E-state index in [1.54, 1.807) is 48.5 Å². The molecule has 2 aromatic rings. The van der Waals surface area contributed by atoms with E-state index in [4.69, 9.17) is 20.6 Å². The number of amidine groups is 1. The van der Waals surface area contributed by atoms with Crippen molar-refractivity contribution in [3.8, 4) is 5.75 Å². The first-order chi connectivity index (χ1) is 16.1. The first-order valence-electron chi connectivity index (χ1n) is 10.7. The Morgan fingerprint density at radius 1 is 1.09 bits per heavy atom. The molecule has 0 aromatic heterocycles. The first kappa shape index (κ1) is 26.8. The third kappa shape index (κ3) is 8.83. The fraction of sp³-hybridized carbons (Fsp3) is 0.348. The highest BCUT2D eigenvalue weighted by Crippen LogP contribution is 2.14. The second-order valence-electron chi connectivity index (χ2n) is 7.54. The van der Waals surface area contributed by atoms with Crippen LogP contribution in [0.3, 0.4) is 0 Å². The Labute approximate surface area is 199 Å². The molecule has 0 saturated heterocycles. The van der Waals surface area contributed by atoms with Crippen LogP contribution in [0.5, 0.6) is 5.75 Å². The Morgan fingerprint density at radius 3 is 2.29 bits per heavy atom. The maximum Gasteiger partial charge on any atom is 0.324 e. The minimum absolute atomic E-state index is 0.0560. The van der Waals surface area contributed by atoms with E-state index in [2.05, 4.69) is 10.0 Å². The number of nitrogen functional groups attached to an aromatic ring is 1. The van der Waals surface area contributed by atoms with Crippen LogP contribution >= 0.6 is 0 Å². The van der Waals surface area contributed by atoms with Gasteiger partial charge in [-0.15, -0.1) is 0 Å². The third-order valence-electron chi connectivity index (χ3n) is 4.79. The number of unbranched alkanes of at least 4 members (excludes halogenated alkanes) is 1. The molecule has 10 nitrogen and oxygen atoms in total. The molecule has 1 amide bonds. The SMILES string of the molecule is CCCCS(=O)(=O)N[C@@H](Cc1ccc(NC(=O)COc2ccc(C(=N)N)cc2)cc1)C(=O)OC. The molecule has 0 aliphatic heterocycles. The summed E-state index contributed by atoms with van der Waals surface area (Å²) in [5.41, 5.74) is 7.16. The van der Waals surface area contributed by atoms with Crippen LogP contribution in [-0.4, -0.2) is 51.6 Å². The van der Waals surface area contributed by atoms with Crippen LogP contribution in [0.4, 0.5) is 5.69 Å². The van der Waals surface area contributed by atoms with E-state index < -0.39 is 22.0 Å². The van der Waals surface area contributed by atoms with Crippen molar-refractivity contribution in [1.29, 1.82) is 5.41 Å². The van der Waals surface area contributed by atoms with Gasteiger partial charge in [-0.25, -0.2) is 13.1 Å². The summed E-state index contributed by atoms with van der Waals surface area (Å²) in [4.78, 5) is 24.3. The standard InChI is InChI=1S/C23H30N4O6S/c1-3-4-13-34(30,31)27-20(23(29)32-2)14-16-5-9-18(10-6-16)26-21(28)15-33-19-11-7-17(8-12-19)22(24)25/h5-12,20,27H,3-4,13-15H2,1-2H3,(H3,24,25)(H,26,28)/t20-/m0/s1. The molecule has 0 spiro atoms. The van der Waals surface area contributed by atoms with E-state index >= 15 is 0 Å².